The highest BCUT2D eigenvalue weighted by Crippen LogP contribution is 2.36. The number of nitrogens with zero attached hydrogens (tertiary/aromatic N) is 5. The van der Waals surface area contributed by atoms with Gasteiger partial charge in [0.15, 0.2) is 10.8 Å². The highest BCUT2D eigenvalue weighted by atomic mass is 32.1. The van der Waals surface area contributed by atoms with E-state index < -0.39 is 17.1 Å². The van der Waals surface area contributed by atoms with Crippen molar-refractivity contribution in [3.63, 3.8) is 0 Å². The fourth-order valence-electron chi connectivity index (χ4n) is 3.27. The van der Waals surface area contributed by atoms with Gasteiger partial charge in [-0.3, -0.25) is 10.1 Å². The number of hydrogen-bond acceptors (Lipinski definition) is 10. The second-order valence-corrected chi connectivity index (χ2v) is 7.31. The molecule has 2 N–H and O–H groups in total. The molecular weight excluding hydrogens is 376 g/mol. The van der Waals surface area contributed by atoms with Crippen molar-refractivity contribution in [3.05, 3.63) is 16.2 Å². The van der Waals surface area contributed by atoms with Gasteiger partial charge in [0.2, 0.25) is 5.82 Å². The van der Waals surface area contributed by atoms with Gasteiger partial charge in [0.05, 0.1) is 29.4 Å². The molecule has 12 heteroatoms. The van der Waals surface area contributed by atoms with Crippen LogP contribution in [0.2, 0.25) is 0 Å². The largest absolute Gasteiger partial charge is 0.444 e. The van der Waals surface area contributed by atoms with E-state index in [1.54, 1.807) is 4.90 Å². The number of anilines is 2. The van der Waals surface area contributed by atoms with Crippen molar-refractivity contribution in [2.24, 2.45) is 5.73 Å². The van der Waals surface area contributed by atoms with Gasteiger partial charge < -0.3 is 25.0 Å². The lowest BCUT2D eigenvalue weighted by Gasteiger charge is -2.25. The van der Waals surface area contributed by atoms with Crippen LogP contribution in [-0.2, 0) is 9.47 Å². The molecule has 27 heavy (non-hydrogen) atoms. The minimum atomic E-state index is -0.852. The Labute approximate surface area is 157 Å². The Morgan fingerprint density at radius 2 is 2.11 bits per heavy atom. The maximum Gasteiger partial charge on any atom is 0.404 e. The van der Waals surface area contributed by atoms with Crippen LogP contribution in [-0.4, -0.2) is 66.5 Å². The van der Waals surface area contributed by atoms with E-state index >= 15 is 0 Å². The fourth-order valence-corrected chi connectivity index (χ4v) is 4.26. The molecule has 2 fully saturated rings. The zero-order valence-corrected chi connectivity index (χ0v) is 15.2. The first-order chi connectivity index (χ1) is 13.0. The lowest BCUT2D eigenvalue weighted by molar-refractivity contribution is -0.384. The van der Waals surface area contributed by atoms with Crippen LogP contribution in [0, 0.1) is 10.1 Å². The van der Waals surface area contributed by atoms with Crippen molar-refractivity contribution in [1.82, 2.24) is 9.97 Å². The van der Waals surface area contributed by atoms with E-state index in [4.69, 9.17) is 15.2 Å². The summed E-state index contributed by atoms with van der Waals surface area (Å²) in [5.41, 5.74) is 5.45. The van der Waals surface area contributed by atoms with Crippen LogP contribution in [0.5, 0.6) is 0 Å². The Kier molecular flexibility index (Phi) is 4.66. The summed E-state index contributed by atoms with van der Waals surface area (Å²) in [6.45, 7) is 3.51. The van der Waals surface area contributed by atoms with Crippen molar-refractivity contribution >= 4 is 44.4 Å². The number of ether oxygens (including phenoxy) is 2. The molecular formula is C15H18N6O5S. The average Bonchev–Trinajstić information content (AvgIpc) is 3.27. The number of nitro groups is 1. The zero-order valence-electron chi connectivity index (χ0n) is 14.4. The number of morpholine rings is 1. The van der Waals surface area contributed by atoms with Crippen molar-refractivity contribution in [3.8, 4) is 0 Å². The first-order valence-electron chi connectivity index (χ1n) is 8.51. The summed E-state index contributed by atoms with van der Waals surface area (Å²) >= 11 is 1.38. The molecule has 2 aliphatic rings. The predicted octanol–water partition coefficient (Wildman–Crippen LogP) is 1.11. The minimum absolute atomic E-state index is 0.0839. The van der Waals surface area contributed by atoms with E-state index in [1.165, 1.54) is 17.4 Å². The van der Waals surface area contributed by atoms with E-state index in [2.05, 4.69) is 14.9 Å². The normalized spacial score (nSPS) is 20.2. The molecule has 0 spiro atoms. The summed E-state index contributed by atoms with van der Waals surface area (Å²) < 4.78 is 11.0. The third-order valence-electron chi connectivity index (χ3n) is 4.54. The van der Waals surface area contributed by atoms with Gasteiger partial charge in [-0.05, 0) is 0 Å². The minimum Gasteiger partial charge on any atom is -0.444 e. The third kappa shape index (κ3) is 3.57. The summed E-state index contributed by atoms with van der Waals surface area (Å²) in [5.74, 6) is 0.238. The molecule has 0 aromatic carbocycles. The predicted molar refractivity (Wildman–Crippen MR) is 98.4 cm³/mol. The van der Waals surface area contributed by atoms with Gasteiger partial charge >= 0.3 is 11.8 Å². The van der Waals surface area contributed by atoms with Crippen LogP contribution in [0.4, 0.5) is 21.4 Å². The molecule has 2 aliphatic heterocycles. The number of primary amides is 1. The molecule has 0 aliphatic carbocycles. The topological polar surface area (TPSA) is 137 Å². The molecule has 4 heterocycles. The Bertz CT molecular complexity index is 883. The first-order valence-corrected chi connectivity index (χ1v) is 9.32. The molecule has 0 saturated carbocycles. The number of aromatic nitrogens is 2. The second kappa shape index (κ2) is 7.12. The standard InChI is InChI=1S/C15H18N6O5S/c16-14(22)26-9-1-2-20(8-9)13-10(21(23)24)7-11-12(17-13)18-15(27-11)19-3-5-25-6-4-19/h7,9H,1-6,8H2,(H2,16,22)/t9-/m0/s1. The maximum absolute atomic E-state index is 11.6. The number of amides is 1. The number of carbonyl (C=O) groups is 1. The van der Waals surface area contributed by atoms with Crippen molar-refractivity contribution in [1.29, 1.82) is 0 Å². The Hall–Kier alpha value is -2.73. The van der Waals surface area contributed by atoms with Crippen molar-refractivity contribution in [2.75, 3.05) is 49.2 Å². The Morgan fingerprint density at radius 3 is 2.81 bits per heavy atom. The quantitative estimate of drug-likeness (QED) is 0.597. The van der Waals surface area contributed by atoms with E-state index in [-0.39, 0.29) is 11.5 Å². The van der Waals surface area contributed by atoms with Crippen LogP contribution in [0.1, 0.15) is 6.42 Å². The van der Waals surface area contributed by atoms with Crippen LogP contribution >= 0.6 is 11.3 Å². The monoisotopic (exact) mass is 394 g/mol. The number of pyridine rings is 1. The van der Waals surface area contributed by atoms with Gasteiger partial charge in [-0.25, -0.2) is 9.78 Å². The molecule has 0 bridgehead atoms. The summed E-state index contributed by atoms with van der Waals surface area (Å²) in [4.78, 5) is 34.9. The number of fused-ring (bicyclic) bond motifs is 1. The van der Waals surface area contributed by atoms with Crippen LogP contribution in [0.25, 0.3) is 10.3 Å². The average molecular weight is 394 g/mol. The number of hydrogen-bond donors (Lipinski definition) is 1. The number of thiazole rings is 1. The summed E-state index contributed by atoms with van der Waals surface area (Å²) in [5, 5.41) is 12.4. The van der Waals surface area contributed by atoms with Gasteiger partial charge in [0.25, 0.3) is 0 Å². The van der Waals surface area contributed by atoms with E-state index in [1.807, 2.05) is 0 Å². The zero-order chi connectivity index (χ0) is 19.0. The molecule has 11 nitrogen and oxygen atoms in total. The molecule has 0 radical (unpaired) electrons. The smallest absolute Gasteiger partial charge is 0.404 e. The molecule has 4 rings (SSSR count). The first kappa shape index (κ1) is 17.7. The lowest BCUT2D eigenvalue weighted by Crippen LogP contribution is -2.36. The van der Waals surface area contributed by atoms with Gasteiger partial charge in [-0.2, -0.15) is 4.98 Å². The van der Waals surface area contributed by atoms with Gasteiger partial charge in [0, 0.05) is 32.1 Å². The van der Waals surface area contributed by atoms with Crippen LogP contribution < -0.4 is 15.5 Å². The summed E-state index contributed by atoms with van der Waals surface area (Å²) in [7, 11) is 0. The fraction of sp³-hybridized carbons (Fsp3) is 0.533. The Balaban J connectivity index is 1.66. The third-order valence-corrected chi connectivity index (χ3v) is 5.59. The van der Waals surface area contributed by atoms with Gasteiger partial charge in [0.1, 0.15) is 6.10 Å². The molecule has 2 aromatic heterocycles. The molecule has 1 atom stereocenters. The Morgan fingerprint density at radius 1 is 1.33 bits per heavy atom. The lowest BCUT2D eigenvalue weighted by atomic mass is 10.3. The second-order valence-electron chi connectivity index (χ2n) is 6.30. The van der Waals surface area contributed by atoms with Crippen LogP contribution in [0.3, 0.4) is 0 Å². The molecule has 2 aromatic rings. The molecule has 144 valence electrons. The highest BCUT2D eigenvalue weighted by molar-refractivity contribution is 7.22. The summed E-state index contributed by atoms with van der Waals surface area (Å²) in [6.07, 6.45) is -0.719. The number of nitrogens with two attached hydrogens (primary N) is 1. The van der Waals surface area contributed by atoms with Crippen LogP contribution in [0.15, 0.2) is 6.07 Å². The number of rotatable bonds is 4. The van der Waals surface area contributed by atoms with E-state index in [9.17, 15) is 14.9 Å². The van der Waals surface area contributed by atoms with Crippen molar-refractivity contribution in [2.45, 2.75) is 12.5 Å². The van der Waals surface area contributed by atoms with Crippen molar-refractivity contribution < 1.29 is 19.2 Å². The van der Waals surface area contributed by atoms with E-state index in [0.717, 1.165) is 18.2 Å². The molecule has 2 saturated heterocycles. The SMILES string of the molecule is NC(=O)O[C@H]1CCN(c2nc3nc(N4CCOCC4)sc3cc2[N+](=O)[O-])C1. The number of carbonyl (C=O) groups excluding carboxylic acids is 1. The van der Waals surface area contributed by atoms with E-state index in [0.29, 0.717) is 43.1 Å². The molecule has 1 amide bonds. The van der Waals surface area contributed by atoms with Gasteiger partial charge in [-0.1, -0.05) is 11.3 Å². The maximum atomic E-state index is 11.6. The van der Waals surface area contributed by atoms with Gasteiger partial charge in [-0.15, -0.1) is 0 Å². The molecule has 0 unspecified atom stereocenters. The summed E-state index contributed by atoms with van der Waals surface area (Å²) in [6, 6.07) is 1.52. The highest BCUT2D eigenvalue weighted by Gasteiger charge is 2.32.